The van der Waals surface area contributed by atoms with Crippen LogP contribution in [0.25, 0.3) is 10.8 Å². The lowest BCUT2D eigenvalue weighted by Crippen LogP contribution is -2.26. The Labute approximate surface area is 112 Å². The zero-order valence-corrected chi connectivity index (χ0v) is 10.7. The third-order valence-corrected chi connectivity index (χ3v) is 3.72. The number of rotatable bonds is 2. The highest BCUT2D eigenvalue weighted by molar-refractivity contribution is 6.02. The molecule has 2 aromatic carbocycles. The van der Waals surface area contributed by atoms with Gasteiger partial charge in [0.15, 0.2) is 0 Å². The van der Waals surface area contributed by atoms with E-state index in [4.69, 9.17) is 11.5 Å². The van der Waals surface area contributed by atoms with Crippen LogP contribution in [0.1, 0.15) is 6.42 Å². The van der Waals surface area contributed by atoms with Gasteiger partial charge in [-0.3, -0.25) is 4.79 Å². The van der Waals surface area contributed by atoms with Gasteiger partial charge >= 0.3 is 0 Å². The van der Waals surface area contributed by atoms with E-state index in [1.807, 2.05) is 36.4 Å². The highest BCUT2D eigenvalue weighted by Gasteiger charge is 2.30. The van der Waals surface area contributed by atoms with Crippen molar-refractivity contribution in [3.05, 3.63) is 36.4 Å². The Hall–Kier alpha value is -2.07. The average molecular weight is 255 g/mol. The third-order valence-electron chi connectivity index (χ3n) is 3.72. The van der Waals surface area contributed by atoms with E-state index in [1.165, 1.54) is 0 Å². The van der Waals surface area contributed by atoms with Crippen molar-refractivity contribution in [1.82, 2.24) is 0 Å². The number of nitrogen functional groups attached to an aromatic ring is 1. The lowest BCUT2D eigenvalue weighted by Gasteiger charge is -2.19. The van der Waals surface area contributed by atoms with Crippen molar-refractivity contribution in [1.29, 1.82) is 0 Å². The van der Waals surface area contributed by atoms with Crippen LogP contribution in [0.15, 0.2) is 36.4 Å². The zero-order valence-electron chi connectivity index (χ0n) is 10.7. The van der Waals surface area contributed by atoms with Gasteiger partial charge in [0.2, 0.25) is 5.91 Å². The van der Waals surface area contributed by atoms with Crippen LogP contribution in [0.5, 0.6) is 0 Å². The maximum atomic E-state index is 12.0. The van der Waals surface area contributed by atoms with Crippen LogP contribution in [0.2, 0.25) is 0 Å². The van der Waals surface area contributed by atoms with Gasteiger partial charge in [0.25, 0.3) is 0 Å². The number of benzene rings is 2. The molecule has 4 N–H and O–H groups in total. The molecule has 19 heavy (non-hydrogen) atoms. The molecule has 1 fully saturated rings. The first-order chi connectivity index (χ1) is 9.19. The normalized spacial score (nSPS) is 19.3. The molecular weight excluding hydrogens is 238 g/mol. The van der Waals surface area contributed by atoms with Gasteiger partial charge in [0.1, 0.15) is 0 Å². The molecular formula is C15H17N3O. The molecule has 2 aromatic rings. The Balaban J connectivity index is 2.05. The van der Waals surface area contributed by atoms with E-state index in [2.05, 4.69) is 0 Å². The van der Waals surface area contributed by atoms with E-state index in [0.717, 1.165) is 16.5 Å². The predicted molar refractivity (Wildman–Crippen MR) is 77.9 cm³/mol. The summed E-state index contributed by atoms with van der Waals surface area (Å²) in [5, 5.41) is 2.18. The SMILES string of the molecule is NCC1CC(=O)N(c2cc3ccccc3cc2N)C1. The van der Waals surface area contributed by atoms with Gasteiger partial charge < -0.3 is 16.4 Å². The maximum absolute atomic E-state index is 12.0. The number of anilines is 2. The number of hydrogen-bond acceptors (Lipinski definition) is 3. The quantitative estimate of drug-likeness (QED) is 0.803. The largest absolute Gasteiger partial charge is 0.397 e. The van der Waals surface area contributed by atoms with Crippen LogP contribution in [-0.4, -0.2) is 19.0 Å². The van der Waals surface area contributed by atoms with E-state index in [0.29, 0.717) is 25.2 Å². The molecule has 1 heterocycles. The Bertz CT molecular complexity index is 638. The van der Waals surface area contributed by atoms with Crippen molar-refractivity contribution in [2.24, 2.45) is 11.7 Å². The summed E-state index contributed by atoms with van der Waals surface area (Å²) in [5.41, 5.74) is 13.2. The van der Waals surface area contributed by atoms with Gasteiger partial charge in [-0.25, -0.2) is 0 Å². The molecule has 4 heteroatoms. The molecule has 3 rings (SSSR count). The van der Waals surface area contributed by atoms with Crippen molar-refractivity contribution >= 4 is 28.1 Å². The van der Waals surface area contributed by atoms with Gasteiger partial charge in [0.05, 0.1) is 11.4 Å². The smallest absolute Gasteiger partial charge is 0.227 e. The fraction of sp³-hybridized carbons (Fsp3) is 0.267. The Morgan fingerprint density at radius 1 is 1.21 bits per heavy atom. The molecule has 0 aromatic heterocycles. The van der Waals surface area contributed by atoms with Crippen molar-refractivity contribution < 1.29 is 4.79 Å². The number of fused-ring (bicyclic) bond motifs is 1. The number of hydrogen-bond donors (Lipinski definition) is 2. The summed E-state index contributed by atoms with van der Waals surface area (Å²) in [4.78, 5) is 13.8. The molecule has 1 saturated heterocycles. The molecule has 0 spiro atoms. The summed E-state index contributed by atoms with van der Waals surface area (Å²) in [6, 6.07) is 11.9. The minimum Gasteiger partial charge on any atom is -0.397 e. The topological polar surface area (TPSA) is 72.4 Å². The maximum Gasteiger partial charge on any atom is 0.227 e. The first-order valence-electron chi connectivity index (χ1n) is 6.47. The van der Waals surface area contributed by atoms with Gasteiger partial charge in [-0.05, 0) is 35.4 Å². The summed E-state index contributed by atoms with van der Waals surface area (Å²) >= 11 is 0. The predicted octanol–water partition coefficient (Wildman–Crippen LogP) is 1.73. The van der Waals surface area contributed by atoms with Crippen LogP contribution >= 0.6 is 0 Å². The van der Waals surface area contributed by atoms with Gasteiger partial charge in [-0.2, -0.15) is 0 Å². The first kappa shape index (κ1) is 12.0. The third kappa shape index (κ3) is 2.04. The van der Waals surface area contributed by atoms with E-state index in [1.54, 1.807) is 4.90 Å². The fourth-order valence-corrected chi connectivity index (χ4v) is 2.65. The van der Waals surface area contributed by atoms with Crippen molar-refractivity contribution in [2.45, 2.75) is 6.42 Å². The van der Waals surface area contributed by atoms with E-state index >= 15 is 0 Å². The van der Waals surface area contributed by atoms with Gasteiger partial charge in [-0.15, -0.1) is 0 Å². The summed E-state index contributed by atoms with van der Waals surface area (Å²) in [6.45, 7) is 1.20. The lowest BCUT2D eigenvalue weighted by atomic mass is 10.1. The molecule has 0 saturated carbocycles. The molecule has 1 atom stereocenters. The molecule has 0 radical (unpaired) electrons. The molecule has 4 nitrogen and oxygen atoms in total. The van der Waals surface area contributed by atoms with E-state index in [9.17, 15) is 4.79 Å². The Morgan fingerprint density at radius 2 is 1.89 bits per heavy atom. The fourth-order valence-electron chi connectivity index (χ4n) is 2.65. The van der Waals surface area contributed by atoms with Crippen LogP contribution in [0, 0.1) is 5.92 Å². The minimum absolute atomic E-state index is 0.109. The number of carbonyl (C=O) groups is 1. The Morgan fingerprint density at radius 3 is 2.53 bits per heavy atom. The molecule has 0 aliphatic carbocycles. The van der Waals surface area contributed by atoms with Crippen molar-refractivity contribution in [3.63, 3.8) is 0 Å². The average Bonchev–Trinajstić information content (AvgIpc) is 2.79. The van der Waals surface area contributed by atoms with Gasteiger partial charge in [0, 0.05) is 13.0 Å². The summed E-state index contributed by atoms with van der Waals surface area (Å²) in [6.07, 6.45) is 0.517. The van der Waals surface area contributed by atoms with Crippen molar-refractivity contribution in [3.8, 4) is 0 Å². The number of nitrogens with two attached hydrogens (primary N) is 2. The molecule has 1 aliphatic heterocycles. The standard InChI is InChI=1S/C15H17N3O/c16-8-10-5-15(19)18(9-10)14-7-12-4-2-1-3-11(12)6-13(14)17/h1-4,6-7,10H,5,8-9,16-17H2. The second-order valence-corrected chi connectivity index (χ2v) is 5.07. The summed E-state index contributed by atoms with van der Waals surface area (Å²) < 4.78 is 0. The summed E-state index contributed by atoms with van der Waals surface area (Å²) in [5.74, 6) is 0.343. The molecule has 1 aliphatic rings. The molecule has 1 unspecified atom stereocenters. The minimum atomic E-state index is 0.109. The molecule has 98 valence electrons. The van der Waals surface area contributed by atoms with Crippen LogP contribution in [0.4, 0.5) is 11.4 Å². The molecule has 1 amide bonds. The number of carbonyl (C=O) groups excluding carboxylic acids is 1. The van der Waals surface area contributed by atoms with Crippen LogP contribution in [0.3, 0.4) is 0 Å². The Kier molecular flexibility index (Phi) is 2.87. The van der Waals surface area contributed by atoms with Gasteiger partial charge in [-0.1, -0.05) is 24.3 Å². The highest BCUT2D eigenvalue weighted by atomic mass is 16.2. The summed E-state index contributed by atoms with van der Waals surface area (Å²) in [7, 11) is 0. The molecule has 0 bridgehead atoms. The van der Waals surface area contributed by atoms with E-state index < -0.39 is 0 Å². The highest BCUT2D eigenvalue weighted by Crippen LogP contribution is 2.33. The number of nitrogens with zero attached hydrogens (tertiary/aromatic N) is 1. The van der Waals surface area contributed by atoms with Crippen molar-refractivity contribution in [2.75, 3.05) is 23.7 Å². The monoisotopic (exact) mass is 255 g/mol. The second-order valence-electron chi connectivity index (χ2n) is 5.07. The first-order valence-corrected chi connectivity index (χ1v) is 6.47. The van der Waals surface area contributed by atoms with Crippen LogP contribution < -0.4 is 16.4 Å². The second kappa shape index (κ2) is 4.55. The van der Waals surface area contributed by atoms with Crippen LogP contribution in [-0.2, 0) is 4.79 Å². The number of amides is 1. The van der Waals surface area contributed by atoms with E-state index in [-0.39, 0.29) is 11.8 Å². The lowest BCUT2D eigenvalue weighted by molar-refractivity contribution is -0.117. The zero-order chi connectivity index (χ0) is 13.4.